The minimum Gasteiger partial charge on any atom is -0.480 e. The Kier molecular flexibility index (Phi) is 11.0. The maximum absolute atomic E-state index is 11.4. The molecule has 2 amide bonds. The number of carboxylic acids is 2. The van der Waals surface area contributed by atoms with E-state index in [2.05, 4.69) is 21.3 Å². The quantitative estimate of drug-likeness (QED) is 0.318. The van der Waals surface area contributed by atoms with Crippen LogP contribution in [-0.2, 0) is 19.1 Å². The Balaban J connectivity index is 0.000000340. The fourth-order valence-electron chi connectivity index (χ4n) is 3.39. The zero-order chi connectivity index (χ0) is 26.1. The van der Waals surface area contributed by atoms with Gasteiger partial charge in [-0.1, -0.05) is 0 Å². The number of aliphatic carboxylic acids is 2. The van der Waals surface area contributed by atoms with Gasteiger partial charge in [0.1, 0.15) is 23.3 Å². The zero-order valence-corrected chi connectivity index (χ0v) is 20.9. The van der Waals surface area contributed by atoms with Crippen LogP contribution in [0.3, 0.4) is 0 Å². The third-order valence-corrected chi connectivity index (χ3v) is 4.91. The lowest BCUT2D eigenvalue weighted by molar-refractivity contribution is -0.140. The van der Waals surface area contributed by atoms with Crippen molar-refractivity contribution in [1.82, 2.24) is 21.3 Å². The molecule has 12 nitrogen and oxygen atoms in total. The molecule has 0 spiro atoms. The van der Waals surface area contributed by atoms with Gasteiger partial charge in [0.15, 0.2) is 0 Å². The van der Waals surface area contributed by atoms with Crippen LogP contribution < -0.4 is 21.3 Å². The van der Waals surface area contributed by atoms with E-state index in [0.29, 0.717) is 39.0 Å². The molecule has 2 aliphatic heterocycles. The lowest BCUT2D eigenvalue weighted by Crippen LogP contribution is -2.35. The van der Waals surface area contributed by atoms with Gasteiger partial charge in [0.05, 0.1) is 0 Å². The van der Waals surface area contributed by atoms with Crippen molar-refractivity contribution >= 4 is 24.1 Å². The number of nitrogens with one attached hydrogen (secondary N) is 4. The number of hydrogen-bond donors (Lipinski definition) is 6. The highest BCUT2D eigenvalue weighted by molar-refractivity contribution is 5.74. The van der Waals surface area contributed by atoms with Crippen LogP contribution >= 0.6 is 0 Å². The summed E-state index contributed by atoms with van der Waals surface area (Å²) in [4.78, 5) is 44.1. The molecule has 0 aliphatic carbocycles. The molecular formula is C22H40N4O8. The van der Waals surface area contributed by atoms with Gasteiger partial charge in [-0.15, -0.1) is 0 Å². The highest BCUT2D eigenvalue weighted by Gasteiger charge is 2.30. The topological polar surface area (TPSA) is 175 Å². The van der Waals surface area contributed by atoms with Crippen molar-refractivity contribution in [1.29, 1.82) is 0 Å². The molecule has 0 aromatic heterocycles. The summed E-state index contributed by atoms with van der Waals surface area (Å²) in [5.74, 6) is -1.40. The van der Waals surface area contributed by atoms with Crippen molar-refractivity contribution in [3.8, 4) is 0 Å². The Hall–Kier alpha value is -2.60. The first-order chi connectivity index (χ1) is 15.6. The lowest BCUT2D eigenvalue weighted by Gasteiger charge is -2.20. The van der Waals surface area contributed by atoms with E-state index >= 15 is 0 Å². The number of alkyl carbamates (subject to hydrolysis) is 2. The summed E-state index contributed by atoms with van der Waals surface area (Å²) in [7, 11) is 0. The minimum atomic E-state index is -0.843. The fourth-order valence-corrected chi connectivity index (χ4v) is 3.39. The summed E-state index contributed by atoms with van der Waals surface area (Å²) >= 11 is 0. The van der Waals surface area contributed by atoms with Gasteiger partial charge in [-0.3, -0.25) is 9.59 Å². The van der Waals surface area contributed by atoms with Crippen molar-refractivity contribution in [2.24, 2.45) is 11.8 Å². The predicted molar refractivity (Wildman–Crippen MR) is 124 cm³/mol. The van der Waals surface area contributed by atoms with E-state index in [9.17, 15) is 19.2 Å². The third-order valence-electron chi connectivity index (χ3n) is 4.91. The van der Waals surface area contributed by atoms with E-state index in [1.165, 1.54) is 0 Å². The molecule has 0 bridgehead atoms. The molecule has 4 atom stereocenters. The van der Waals surface area contributed by atoms with Crippen LogP contribution in [0.15, 0.2) is 0 Å². The van der Waals surface area contributed by atoms with E-state index in [0.717, 1.165) is 0 Å². The second-order valence-electron chi connectivity index (χ2n) is 10.6. The van der Waals surface area contributed by atoms with Crippen molar-refractivity contribution in [3.05, 3.63) is 0 Å². The molecule has 0 aromatic carbocycles. The maximum Gasteiger partial charge on any atom is 0.407 e. The molecule has 34 heavy (non-hydrogen) atoms. The van der Waals surface area contributed by atoms with Crippen LogP contribution in [0.5, 0.6) is 0 Å². The fraction of sp³-hybridized carbons (Fsp3) is 0.818. The van der Waals surface area contributed by atoms with Crippen LogP contribution in [0.2, 0.25) is 0 Å². The molecule has 0 aromatic rings. The second kappa shape index (κ2) is 12.7. The van der Waals surface area contributed by atoms with Crippen molar-refractivity contribution in [3.63, 3.8) is 0 Å². The Morgan fingerprint density at radius 2 is 1.06 bits per heavy atom. The number of carbonyl (C=O) groups excluding carboxylic acids is 2. The first kappa shape index (κ1) is 29.4. The SMILES string of the molecule is CC(C)(C)OC(=O)NC[C@@H]1CN[C@@H](C(=O)O)C1.CC(C)(C)OC(=O)NC[C@H]1CN[C@H](C(=O)O)C1. The smallest absolute Gasteiger partial charge is 0.407 e. The van der Waals surface area contributed by atoms with Gasteiger partial charge in [0.2, 0.25) is 0 Å². The molecule has 6 N–H and O–H groups in total. The van der Waals surface area contributed by atoms with Gasteiger partial charge in [-0.05, 0) is 66.2 Å². The molecule has 2 saturated heterocycles. The zero-order valence-electron chi connectivity index (χ0n) is 20.9. The summed E-state index contributed by atoms with van der Waals surface area (Å²) in [6, 6.07) is -0.999. The number of ether oxygens (including phenoxy) is 2. The van der Waals surface area contributed by atoms with E-state index in [1.807, 2.05) is 0 Å². The number of rotatable bonds is 6. The Bertz CT molecular complexity index is 657. The maximum atomic E-state index is 11.4. The van der Waals surface area contributed by atoms with Crippen LogP contribution in [-0.4, -0.2) is 83.8 Å². The van der Waals surface area contributed by atoms with Crippen molar-refractivity contribution in [2.45, 2.75) is 77.7 Å². The van der Waals surface area contributed by atoms with Crippen molar-refractivity contribution in [2.75, 3.05) is 26.2 Å². The monoisotopic (exact) mass is 488 g/mol. The molecule has 196 valence electrons. The van der Waals surface area contributed by atoms with E-state index in [1.54, 1.807) is 41.5 Å². The van der Waals surface area contributed by atoms with Gasteiger partial charge in [0.25, 0.3) is 0 Å². The first-order valence-electron chi connectivity index (χ1n) is 11.4. The molecule has 2 rings (SSSR count). The second-order valence-corrected chi connectivity index (χ2v) is 10.6. The van der Waals surface area contributed by atoms with Gasteiger partial charge in [-0.2, -0.15) is 0 Å². The van der Waals surface area contributed by atoms with Crippen LogP contribution in [0, 0.1) is 11.8 Å². The molecule has 0 unspecified atom stereocenters. The molecular weight excluding hydrogens is 448 g/mol. The van der Waals surface area contributed by atoms with E-state index in [-0.39, 0.29) is 11.8 Å². The normalized spacial score (nSPS) is 24.4. The molecule has 0 saturated carbocycles. The molecule has 2 fully saturated rings. The van der Waals surface area contributed by atoms with Gasteiger partial charge in [-0.25, -0.2) is 9.59 Å². The van der Waals surface area contributed by atoms with E-state index < -0.39 is 47.4 Å². The molecule has 2 heterocycles. The highest BCUT2D eigenvalue weighted by atomic mass is 16.6. The number of carboxylic acid groups (broad SMARTS) is 2. The average Bonchev–Trinajstić information content (AvgIpc) is 3.32. The molecule has 2 aliphatic rings. The van der Waals surface area contributed by atoms with Crippen LogP contribution in [0.25, 0.3) is 0 Å². The van der Waals surface area contributed by atoms with E-state index in [4.69, 9.17) is 19.7 Å². The Morgan fingerprint density at radius 3 is 1.29 bits per heavy atom. The lowest BCUT2D eigenvalue weighted by atomic mass is 10.1. The summed E-state index contributed by atoms with van der Waals surface area (Å²) in [6.07, 6.45) is 0.142. The number of amides is 2. The summed E-state index contributed by atoms with van der Waals surface area (Å²) in [5.41, 5.74) is -1.02. The predicted octanol–water partition coefficient (Wildman–Crippen LogP) is 1.15. The number of hydrogen-bond acceptors (Lipinski definition) is 8. The Labute approximate surface area is 200 Å². The largest absolute Gasteiger partial charge is 0.480 e. The third kappa shape index (κ3) is 12.6. The highest BCUT2D eigenvalue weighted by Crippen LogP contribution is 2.15. The van der Waals surface area contributed by atoms with Gasteiger partial charge in [0, 0.05) is 26.2 Å². The van der Waals surface area contributed by atoms with Gasteiger partial charge < -0.3 is 41.0 Å². The first-order valence-corrected chi connectivity index (χ1v) is 11.4. The summed E-state index contributed by atoms with van der Waals surface area (Å²) < 4.78 is 10.2. The van der Waals surface area contributed by atoms with Gasteiger partial charge >= 0.3 is 24.1 Å². The standard InChI is InChI=1S/2C11H20N2O4/c2*1-11(2,3)17-10(16)13-6-7-4-8(9(14)15)12-5-7/h2*7-8,12H,4-6H2,1-3H3,(H,13,16)(H,14,15)/t2*7-,8+/m10/s1. The van der Waals surface area contributed by atoms with Crippen LogP contribution in [0.1, 0.15) is 54.4 Å². The minimum absolute atomic E-state index is 0.142. The average molecular weight is 489 g/mol. The Morgan fingerprint density at radius 1 is 0.735 bits per heavy atom. The molecule has 12 heteroatoms. The summed E-state index contributed by atoms with van der Waals surface area (Å²) in [6.45, 7) is 12.9. The number of carbonyl (C=O) groups is 4. The summed E-state index contributed by atoms with van der Waals surface area (Å²) in [5, 5.41) is 28.6. The van der Waals surface area contributed by atoms with Crippen LogP contribution in [0.4, 0.5) is 9.59 Å². The molecule has 0 radical (unpaired) electrons. The van der Waals surface area contributed by atoms with Crippen molar-refractivity contribution < 1.29 is 38.9 Å².